The quantitative estimate of drug-likeness (QED) is 0.514. The van der Waals surface area contributed by atoms with Gasteiger partial charge in [-0.2, -0.15) is 13.2 Å². The predicted octanol–water partition coefficient (Wildman–Crippen LogP) is 4.89. The van der Waals surface area contributed by atoms with Crippen molar-refractivity contribution in [1.29, 1.82) is 0 Å². The van der Waals surface area contributed by atoms with Crippen molar-refractivity contribution in [3.8, 4) is 11.1 Å². The average Bonchev–Trinajstić information content (AvgIpc) is 2.83. The number of alkyl halides is 3. The number of piperazine rings is 1. The van der Waals surface area contributed by atoms with Crippen LogP contribution < -0.4 is 10.6 Å². The number of nitrogens with zero attached hydrogens (tertiary/aromatic N) is 4. The molecule has 3 heterocycles. The molecule has 174 valence electrons. The molecule has 2 aromatic heterocycles. The molecule has 3 aromatic rings. The number of aryl methyl sites for hydroxylation is 1. The molecule has 0 saturated carbocycles. The Bertz CT molecular complexity index is 1050. The van der Waals surface area contributed by atoms with E-state index in [4.69, 9.17) is 5.73 Å². The van der Waals surface area contributed by atoms with E-state index in [2.05, 4.69) is 14.9 Å². The van der Waals surface area contributed by atoms with E-state index >= 15 is 0 Å². The Labute approximate surface area is 192 Å². The molecule has 0 atom stereocenters. The first-order valence-electron chi connectivity index (χ1n) is 11.2. The molecular weight excluding hydrogens is 427 g/mol. The fourth-order valence-electron chi connectivity index (χ4n) is 4.23. The average molecular weight is 456 g/mol. The van der Waals surface area contributed by atoms with Gasteiger partial charge in [0.1, 0.15) is 0 Å². The molecule has 33 heavy (non-hydrogen) atoms. The Balaban J connectivity index is 1.24. The molecule has 2 N–H and O–H groups in total. The largest absolute Gasteiger partial charge is 0.416 e. The van der Waals surface area contributed by atoms with Crippen molar-refractivity contribution in [2.24, 2.45) is 0 Å². The molecule has 1 aliphatic heterocycles. The van der Waals surface area contributed by atoms with E-state index in [1.807, 2.05) is 23.1 Å². The van der Waals surface area contributed by atoms with Gasteiger partial charge in [0.05, 0.1) is 16.9 Å². The Morgan fingerprint density at radius 2 is 1.76 bits per heavy atom. The number of halogens is 3. The Morgan fingerprint density at radius 1 is 0.939 bits per heavy atom. The summed E-state index contributed by atoms with van der Waals surface area (Å²) in [5.74, 6) is 0. The summed E-state index contributed by atoms with van der Waals surface area (Å²) < 4.78 is 39.0. The molecule has 0 aliphatic carbocycles. The van der Waals surface area contributed by atoms with Crippen molar-refractivity contribution < 1.29 is 13.2 Å². The number of rotatable bonds is 7. The van der Waals surface area contributed by atoms with Crippen LogP contribution in [0.1, 0.15) is 24.1 Å². The summed E-state index contributed by atoms with van der Waals surface area (Å²) in [6, 6.07) is 11.4. The lowest BCUT2D eigenvalue weighted by Gasteiger charge is -2.36. The second-order valence-corrected chi connectivity index (χ2v) is 8.29. The highest BCUT2D eigenvalue weighted by atomic mass is 19.4. The fraction of sp³-hybridized carbons (Fsp3) is 0.360. The summed E-state index contributed by atoms with van der Waals surface area (Å²) in [6.07, 6.45) is 3.82. The maximum Gasteiger partial charge on any atom is 0.416 e. The number of aromatic nitrogens is 2. The molecule has 1 aromatic carbocycles. The van der Waals surface area contributed by atoms with Crippen LogP contribution in [-0.4, -0.2) is 47.6 Å². The number of anilines is 2. The molecule has 5 nitrogen and oxygen atoms in total. The number of hydrogen-bond acceptors (Lipinski definition) is 5. The van der Waals surface area contributed by atoms with E-state index in [1.165, 1.54) is 12.1 Å². The normalized spacial score (nSPS) is 15.1. The Kier molecular flexibility index (Phi) is 7.13. The molecule has 1 fully saturated rings. The van der Waals surface area contributed by atoms with Gasteiger partial charge in [-0.3, -0.25) is 14.9 Å². The molecule has 0 amide bonds. The molecule has 1 saturated heterocycles. The molecular formula is C25H28F3N5. The van der Waals surface area contributed by atoms with Crippen LogP contribution in [0.15, 0.2) is 61.1 Å². The van der Waals surface area contributed by atoms with Gasteiger partial charge in [-0.25, -0.2) is 0 Å². The Hall–Kier alpha value is -3.13. The predicted molar refractivity (Wildman–Crippen MR) is 125 cm³/mol. The topological polar surface area (TPSA) is 58.3 Å². The van der Waals surface area contributed by atoms with Crippen molar-refractivity contribution in [2.45, 2.75) is 25.4 Å². The minimum Gasteiger partial charge on any atom is -0.397 e. The number of pyridine rings is 2. The molecule has 8 heteroatoms. The number of nitrogen functional groups attached to an aromatic ring is 1. The molecule has 0 unspecified atom stereocenters. The molecule has 0 bridgehead atoms. The first kappa shape index (κ1) is 23.0. The van der Waals surface area contributed by atoms with Crippen molar-refractivity contribution in [1.82, 2.24) is 14.9 Å². The van der Waals surface area contributed by atoms with Crippen LogP contribution >= 0.6 is 0 Å². The van der Waals surface area contributed by atoms with E-state index < -0.39 is 11.7 Å². The number of unbranched alkanes of at least 4 members (excludes halogenated alkanes) is 1. The fourth-order valence-corrected chi connectivity index (χ4v) is 4.23. The third-order valence-corrected chi connectivity index (χ3v) is 6.09. The van der Waals surface area contributed by atoms with Crippen molar-refractivity contribution in [2.75, 3.05) is 43.4 Å². The standard InChI is InChI=1S/C25H28F3N5/c26-25(27,28)20-6-3-7-21(17-20)33-15-13-32(14-16-33)12-2-1-8-23-24(29)22(9-11-31-23)19-5-4-10-30-18-19/h3-7,9-11,17-18H,1-2,8,12-16,29H2. The van der Waals surface area contributed by atoms with E-state index in [1.54, 1.807) is 24.7 Å². The zero-order valence-electron chi connectivity index (χ0n) is 18.4. The van der Waals surface area contributed by atoms with Crippen LogP contribution in [0.3, 0.4) is 0 Å². The highest BCUT2D eigenvalue weighted by Gasteiger charge is 2.31. The second-order valence-electron chi connectivity index (χ2n) is 8.29. The lowest BCUT2D eigenvalue weighted by atomic mass is 10.0. The van der Waals surface area contributed by atoms with Gasteiger partial charge >= 0.3 is 6.18 Å². The van der Waals surface area contributed by atoms with Gasteiger partial charge in [-0.1, -0.05) is 12.1 Å². The van der Waals surface area contributed by atoms with Crippen LogP contribution in [0.2, 0.25) is 0 Å². The van der Waals surface area contributed by atoms with Gasteiger partial charge in [0.2, 0.25) is 0 Å². The van der Waals surface area contributed by atoms with E-state index in [9.17, 15) is 13.2 Å². The lowest BCUT2D eigenvalue weighted by Crippen LogP contribution is -2.46. The summed E-state index contributed by atoms with van der Waals surface area (Å²) in [4.78, 5) is 13.0. The summed E-state index contributed by atoms with van der Waals surface area (Å²) in [6.45, 7) is 4.09. The number of hydrogen-bond donors (Lipinski definition) is 1. The van der Waals surface area contributed by atoms with Gasteiger partial charge < -0.3 is 10.6 Å². The molecule has 1 aliphatic rings. The van der Waals surface area contributed by atoms with Crippen molar-refractivity contribution in [3.63, 3.8) is 0 Å². The third-order valence-electron chi connectivity index (χ3n) is 6.09. The van der Waals surface area contributed by atoms with Crippen molar-refractivity contribution >= 4 is 11.4 Å². The minimum absolute atomic E-state index is 0.595. The van der Waals surface area contributed by atoms with Crippen LogP contribution in [-0.2, 0) is 12.6 Å². The Morgan fingerprint density at radius 3 is 2.48 bits per heavy atom. The monoisotopic (exact) mass is 455 g/mol. The third kappa shape index (κ3) is 5.82. The summed E-state index contributed by atoms with van der Waals surface area (Å²) in [5.41, 5.74) is 9.97. The summed E-state index contributed by atoms with van der Waals surface area (Å²) in [5, 5.41) is 0. The van der Waals surface area contributed by atoms with Gasteiger partial charge in [0.15, 0.2) is 0 Å². The van der Waals surface area contributed by atoms with Crippen molar-refractivity contribution in [3.05, 3.63) is 72.3 Å². The van der Waals surface area contributed by atoms with Gasteiger partial charge in [0.25, 0.3) is 0 Å². The lowest BCUT2D eigenvalue weighted by molar-refractivity contribution is -0.137. The maximum absolute atomic E-state index is 13.0. The second kappa shape index (κ2) is 10.2. The SMILES string of the molecule is Nc1c(-c2cccnc2)ccnc1CCCCN1CCN(c2cccc(C(F)(F)F)c2)CC1. The van der Waals surface area contributed by atoms with Crippen LogP contribution in [0.4, 0.5) is 24.5 Å². The zero-order chi connectivity index (χ0) is 23.3. The highest BCUT2D eigenvalue weighted by molar-refractivity contribution is 5.76. The highest BCUT2D eigenvalue weighted by Crippen LogP contribution is 2.32. The van der Waals surface area contributed by atoms with Crippen LogP contribution in [0, 0.1) is 0 Å². The van der Waals surface area contributed by atoms with E-state index in [0.717, 1.165) is 74.9 Å². The number of nitrogens with two attached hydrogens (primary N) is 1. The van der Waals surface area contributed by atoms with Gasteiger partial charge in [-0.15, -0.1) is 0 Å². The van der Waals surface area contributed by atoms with Crippen LogP contribution in [0.5, 0.6) is 0 Å². The molecule has 0 spiro atoms. The number of benzene rings is 1. The summed E-state index contributed by atoms with van der Waals surface area (Å²) >= 11 is 0. The zero-order valence-corrected chi connectivity index (χ0v) is 18.4. The molecule has 4 rings (SSSR count). The first-order chi connectivity index (χ1) is 15.9. The first-order valence-corrected chi connectivity index (χ1v) is 11.2. The van der Waals surface area contributed by atoms with Gasteiger partial charge in [0, 0.05) is 61.6 Å². The molecule has 0 radical (unpaired) electrons. The maximum atomic E-state index is 13.0. The van der Waals surface area contributed by atoms with Gasteiger partial charge in [-0.05, 0) is 56.1 Å². The minimum atomic E-state index is -4.31. The van der Waals surface area contributed by atoms with E-state index in [0.29, 0.717) is 11.4 Å². The van der Waals surface area contributed by atoms with Crippen LogP contribution in [0.25, 0.3) is 11.1 Å². The smallest absolute Gasteiger partial charge is 0.397 e. The summed E-state index contributed by atoms with van der Waals surface area (Å²) in [7, 11) is 0. The van der Waals surface area contributed by atoms with E-state index in [-0.39, 0.29) is 0 Å².